The zero-order valence-corrected chi connectivity index (χ0v) is 13.8. The number of rotatable bonds is 5. The summed E-state index contributed by atoms with van der Waals surface area (Å²) >= 11 is 5.98. The van der Waals surface area contributed by atoms with Crippen molar-refractivity contribution in [3.8, 4) is 5.75 Å². The van der Waals surface area contributed by atoms with Gasteiger partial charge in [-0.1, -0.05) is 29.8 Å². The number of ether oxygens (including phenoxy) is 1. The van der Waals surface area contributed by atoms with Gasteiger partial charge in [-0.05, 0) is 35.9 Å². The molecule has 3 rings (SSSR count). The first-order valence-corrected chi connectivity index (χ1v) is 7.75. The maximum Gasteiger partial charge on any atom is 0.256 e. The Morgan fingerprint density at radius 1 is 1.21 bits per heavy atom. The van der Waals surface area contributed by atoms with Crippen LogP contribution >= 0.6 is 11.6 Å². The molecule has 1 N–H and O–H groups in total. The van der Waals surface area contributed by atoms with E-state index in [2.05, 4.69) is 10.4 Å². The molecule has 3 aromatic rings. The summed E-state index contributed by atoms with van der Waals surface area (Å²) < 4.78 is 6.87. The van der Waals surface area contributed by atoms with Crippen LogP contribution in [0.25, 0.3) is 0 Å². The van der Waals surface area contributed by atoms with Crippen LogP contribution in [-0.2, 0) is 6.54 Å². The zero-order chi connectivity index (χ0) is 16.9. The summed E-state index contributed by atoms with van der Waals surface area (Å²) in [6.45, 7) is 0.579. The molecule has 0 aliphatic carbocycles. The molecule has 2 aromatic carbocycles. The van der Waals surface area contributed by atoms with E-state index in [0.717, 1.165) is 5.56 Å². The monoisotopic (exact) mass is 341 g/mol. The molecule has 0 unspecified atom stereocenters. The first-order chi connectivity index (χ1) is 11.6. The Kier molecular flexibility index (Phi) is 4.82. The molecule has 1 aromatic heterocycles. The van der Waals surface area contributed by atoms with E-state index in [-0.39, 0.29) is 5.91 Å². The molecular formula is C18H16ClN3O2. The lowest BCUT2D eigenvalue weighted by Gasteiger charge is -2.05. The van der Waals surface area contributed by atoms with E-state index in [1.165, 1.54) is 0 Å². The van der Waals surface area contributed by atoms with Gasteiger partial charge >= 0.3 is 0 Å². The van der Waals surface area contributed by atoms with E-state index in [0.29, 0.717) is 28.7 Å². The average molecular weight is 342 g/mol. The molecule has 5 nitrogen and oxygen atoms in total. The molecule has 1 heterocycles. The molecule has 6 heteroatoms. The lowest BCUT2D eigenvalue weighted by atomic mass is 10.2. The smallest absolute Gasteiger partial charge is 0.256 e. The van der Waals surface area contributed by atoms with E-state index >= 15 is 0 Å². The number of carbonyl (C=O) groups is 1. The van der Waals surface area contributed by atoms with E-state index in [4.69, 9.17) is 16.3 Å². The molecule has 1 amide bonds. The van der Waals surface area contributed by atoms with Gasteiger partial charge < -0.3 is 10.1 Å². The van der Waals surface area contributed by atoms with Crippen LogP contribution in [0.2, 0.25) is 5.02 Å². The maximum absolute atomic E-state index is 12.3. The van der Waals surface area contributed by atoms with Crippen LogP contribution in [0, 0.1) is 0 Å². The molecule has 0 aliphatic rings. The highest BCUT2D eigenvalue weighted by Gasteiger charge is 2.09. The Bertz CT molecular complexity index is 861. The van der Waals surface area contributed by atoms with Gasteiger partial charge in [0.1, 0.15) is 5.75 Å². The fourth-order valence-electron chi connectivity index (χ4n) is 2.29. The molecule has 0 spiro atoms. The van der Waals surface area contributed by atoms with Gasteiger partial charge in [0.2, 0.25) is 0 Å². The number of benzene rings is 2. The summed E-state index contributed by atoms with van der Waals surface area (Å²) in [6.07, 6.45) is 1.81. The van der Waals surface area contributed by atoms with Crippen LogP contribution in [0.4, 0.5) is 5.82 Å². The Labute approximate surface area is 144 Å². The van der Waals surface area contributed by atoms with Gasteiger partial charge in [-0.15, -0.1) is 0 Å². The van der Waals surface area contributed by atoms with Crippen LogP contribution in [0.1, 0.15) is 15.9 Å². The second-order valence-electron chi connectivity index (χ2n) is 5.21. The zero-order valence-electron chi connectivity index (χ0n) is 13.1. The Morgan fingerprint density at radius 2 is 2.04 bits per heavy atom. The van der Waals surface area contributed by atoms with E-state index in [1.807, 2.05) is 30.5 Å². The predicted octanol–water partition coefficient (Wildman–Crippen LogP) is 3.85. The molecule has 24 heavy (non-hydrogen) atoms. The molecule has 0 bridgehead atoms. The number of aromatic nitrogens is 2. The van der Waals surface area contributed by atoms with Crippen molar-refractivity contribution in [2.24, 2.45) is 0 Å². The molecular weight excluding hydrogens is 326 g/mol. The largest absolute Gasteiger partial charge is 0.497 e. The number of nitrogens with one attached hydrogen (secondary N) is 1. The number of amides is 1. The van der Waals surface area contributed by atoms with Crippen LogP contribution in [0.3, 0.4) is 0 Å². The molecule has 122 valence electrons. The second-order valence-corrected chi connectivity index (χ2v) is 5.65. The number of carbonyl (C=O) groups excluding carboxylic acids is 1. The van der Waals surface area contributed by atoms with Crippen molar-refractivity contribution in [2.45, 2.75) is 6.54 Å². The van der Waals surface area contributed by atoms with Gasteiger partial charge in [0.25, 0.3) is 5.91 Å². The third kappa shape index (κ3) is 3.94. The van der Waals surface area contributed by atoms with Gasteiger partial charge in [-0.2, -0.15) is 5.10 Å². The second kappa shape index (κ2) is 7.19. The van der Waals surface area contributed by atoms with Crippen molar-refractivity contribution in [1.29, 1.82) is 0 Å². The number of nitrogens with zero attached hydrogens (tertiary/aromatic N) is 2. The van der Waals surface area contributed by atoms with E-state index in [9.17, 15) is 4.79 Å². The summed E-state index contributed by atoms with van der Waals surface area (Å²) in [5.74, 6) is 0.890. The standard InChI is InChI=1S/C18H16ClN3O2/c1-24-16-7-3-5-14(11-16)18(23)20-17-8-9-22(21-17)12-13-4-2-6-15(19)10-13/h2-11H,12H2,1H3,(H,20,21,23). The molecule has 0 aliphatic heterocycles. The summed E-state index contributed by atoms with van der Waals surface area (Å²) in [6, 6.07) is 16.3. The molecule has 0 saturated carbocycles. The van der Waals surface area contributed by atoms with Gasteiger partial charge in [0.15, 0.2) is 5.82 Å². The van der Waals surface area contributed by atoms with Crippen molar-refractivity contribution in [3.63, 3.8) is 0 Å². The first kappa shape index (κ1) is 16.1. The highest BCUT2D eigenvalue weighted by atomic mass is 35.5. The Balaban J connectivity index is 1.68. The van der Waals surface area contributed by atoms with Crippen LogP contribution in [-0.4, -0.2) is 22.8 Å². The first-order valence-electron chi connectivity index (χ1n) is 7.37. The SMILES string of the molecule is COc1cccc(C(=O)Nc2ccn(Cc3cccc(Cl)c3)n2)c1. The minimum Gasteiger partial charge on any atom is -0.497 e. The summed E-state index contributed by atoms with van der Waals surface area (Å²) in [5, 5.41) is 7.81. The molecule has 0 radical (unpaired) electrons. The van der Waals surface area contributed by atoms with Crippen molar-refractivity contribution >= 4 is 23.3 Å². The fraction of sp³-hybridized carbons (Fsp3) is 0.111. The van der Waals surface area contributed by atoms with E-state index < -0.39 is 0 Å². The maximum atomic E-state index is 12.3. The lowest BCUT2D eigenvalue weighted by molar-refractivity contribution is 0.102. The molecule has 0 fully saturated rings. The number of hydrogen-bond donors (Lipinski definition) is 1. The van der Waals surface area contributed by atoms with Crippen LogP contribution < -0.4 is 10.1 Å². The van der Waals surface area contributed by atoms with Gasteiger partial charge in [0, 0.05) is 22.8 Å². The van der Waals surface area contributed by atoms with Crippen LogP contribution in [0.15, 0.2) is 60.8 Å². The normalized spacial score (nSPS) is 10.4. The average Bonchev–Trinajstić information content (AvgIpc) is 3.01. The highest BCUT2D eigenvalue weighted by Crippen LogP contribution is 2.15. The van der Waals surface area contributed by atoms with Gasteiger partial charge in [-0.25, -0.2) is 0 Å². The lowest BCUT2D eigenvalue weighted by Crippen LogP contribution is -2.13. The molecule has 0 atom stereocenters. The van der Waals surface area contributed by atoms with Gasteiger partial charge in [0.05, 0.1) is 13.7 Å². The summed E-state index contributed by atoms with van der Waals surface area (Å²) in [5.41, 5.74) is 1.55. The van der Waals surface area contributed by atoms with Crippen LogP contribution in [0.5, 0.6) is 5.75 Å². The highest BCUT2D eigenvalue weighted by molar-refractivity contribution is 6.30. The minimum atomic E-state index is -0.234. The topological polar surface area (TPSA) is 56.1 Å². The van der Waals surface area contributed by atoms with E-state index in [1.54, 1.807) is 42.1 Å². The number of hydrogen-bond acceptors (Lipinski definition) is 3. The van der Waals surface area contributed by atoms with Crippen molar-refractivity contribution in [1.82, 2.24) is 9.78 Å². The Morgan fingerprint density at radius 3 is 2.83 bits per heavy atom. The molecule has 0 saturated heterocycles. The third-order valence-electron chi connectivity index (χ3n) is 3.45. The summed E-state index contributed by atoms with van der Waals surface area (Å²) in [4.78, 5) is 12.3. The van der Waals surface area contributed by atoms with Crippen molar-refractivity contribution in [2.75, 3.05) is 12.4 Å². The number of anilines is 1. The fourth-order valence-corrected chi connectivity index (χ4v) is 2.50. The minimum absolute atomic E-state index is 0.234. The number of halogens is 1. The number of methoxy groups -OCH3 is 1. The van der Waals surface area contributed by atoms with Gasteiger partial charge in [-0.3, -0.25) is 9.48 Å². The quantitative estimate of drug-likeness (QED) is 0.767. The van der Waals surface area contributed by atoms with Crippen molar-refractivity contribution in [3.05, 3.63) is 76.9 Å². The Hall–Kier alpha value is -2.79. The third-order valence-corrected chi connectivity index (χ3v) is 3.68. The summed E-state index contributed by atoms with van der Waals surface area (Å²) in [7, 11) is 1.56. The predicted molar refractivity (Wildman–Crippen MR) is 93.7 cm³/mol. The van der Waals surface area contributed by atoms with Crippen molar-refractivity contribution < 1.29 is 9.53 Å².